The predicted molar refractivity (Wildman–Crippen MR) is 146 cm³/mol. The van der Waals surface area contributed by atoms with Crippen LogP contribution in [0.15, 0.2) is 77.9 Å². The third-order valence-corrected chi connectivity index (χ3v) is 6.42. The molecular formula is C26H19Cl2IN2O3. The van der Waals surface area contributed by atoms with Gasteiger partial charge in [0.25, 0.3) is 5.91 Å². The SMILES string of the molecule is COc1cc(/C=N\NC(=O)c2ccc3ccccc3c2)cc(I)c1OCc1ccc(Cl)cc1Cl. The zero-order chi connectivity index (χ0) is 24.1. The van der Waals surface area contributed by atoms with Gasteiger partial charge in [-0.05, 0) is 75.3 Å². The highest BCUT2D eigenvalue weighted by Gasteiger charge is 2.13. The predicted octanol–water partition coefficient (Wildman–Crippen LogP) is 7.10. The van der Waals surface area contributed by atoms with Crippen molar-refractivity contribution in [2.24, 2.45) is 5.10 Å². The maximum absolute atomic E-state index is 12.5. The molecule has 4 aromatic carbocycles. The first kappa shape index (κ1) is 24.3. The van der Waals surface area contributed by atoms with E-state index in [1.54, 1.807) is 37.6 Å². The molecule has 34 heavy (non-hydrogen) atoms. The van der Waals surface area contributed by atoms with E-state index in [-0.39, 0.29) is 12.5 Å². The molecule has 4 aromatic rings. The number of hydrogen-bond donors (Lipinski definition) is 1. The summed E-state index contributed by atoms with van der Waals surface area (Å²) in [7, 11) is 1.57. The van der Waals surface area contributed by atoms with Crippen LogP contribution in [0.3, 0.4) is 0 Å². The number of nitrogens with zero attached hydrogens (tertiary/aromatic N) is 1. The maximum atomic E-state index is 12.5. The minimum Gasteiger partial charge on any atom is -0.493 e. The molecule has 0 saturated heterocycles. The van der Waals surface area contributed by atoms with E-state index in [1.807, 2.05) is 48.5 Å². The van der Waals surface area contributed by atoms with Crippen LogP contribution in [0.2, 0.25) is 10.0 Å². The van der Waals surface area contributed by atoms with Crippen molar-refractivity contribution >= 4 is 68.7 Å². The Morgan fingerprint density at radius 1 is 1.03 bits per heavy atom. The first-order valence-electron chi connectivity index (χ1n) is 10.2. The van der Waals surface area contributed by atoms with Crippen molar-refractivity contribution in [1.82, 2.24) is 5.43 Å². The van der Waals surface area contributed by atoms with Crippen LogP contribution in [0.25, 0.3) is 10.8 Å². The van der Waals surface area contributed by atoms with Gasteiger partial charge in [-0.3, -0.25) is 4.79 Å². The van der Waals surface area contributed by atoms with Gasteiger partial charge in [-0.25, -0.2) is 5.43 Å². The van der Waals surface area contributed by atoms with Crippen LogP contribution in [0.1, 0.15) is 21.5 Å². The number of carbonyl (C=O) groups is 1. The minimum atomic E-state index is -0.288. The average Bonchev–Trinajstić information content (AvgIpc) is 2.83. The first-order valence-corrected chi connectivity index (χ1v) is 12.0. The van der Waals surface area contributed by atoms with Crippen LogP contribution >= 0.6 is 45.8 Å². The van der Waals surface area contributed by atoms with E-state index in [0.29, 0.717) is 27.1 Å². The summed E-state index contributed by atoms with van der Waals surface area (Å²) in [6.07, 6.45) is 1.56. The summed E-state index contributed by atoms with van der Waals surface area (Å²) in [4.78, 5) is 12.5. The molecule has 0 spiro atoms. The van der Waals surface area contributed by atoms with Gasteiger partial charge < -0.3 is 9.47 Å². The lowest BCUT2D eigenvalue weighted by Crippen LogP contribution is -2.17. The maximum Gasteiger partial charge on any atom is 0.271 e. The van der Waals surface area contributed by atoms with Crippen molar-refractivity contribution in [3.8, 4) is 11.5 Å². The molecule has 5 nitrogen and oxygen atoms in total. The van der Waals surface area contributed by atoms with Gasteiger partial charge in [0.2, 0.25) is 0 Å². The van der Waals surface area contributed by atoms with E-state index in [4.69, 9.17) is 32.7 Å². The summed E-state index contributed by atoms with van der Waals surface area (Å²) >= 11 is 14.4. The second kappa shape index (κ2) is 11.1. The van der Waals surface area contributed by atoms with E-state index in [1.165, 1.54) is 0 Å². The van der Waals surface area contributed by atoms with E-state index in [0.717, 1.165) is 25.5 Å². The van der Waals surface area contributed by atoms with Gasteiger partial charge in [0.1, 0.15) is 6.61 Å². The number of carbonyl (C=O) groups excluding carboxylic acids is 1. The zero-order valence-electron chi connectivity index (χ0n) is 18.0. The summed E-state index contributed by atoms with van der Waals surface area (Å²) in [6, 6.07) is 22.3. The van der Waals surface area contributed by atoms with Crippen molar-refractivity contribution < 1.29 is 14.3 Å². The molecule has 0 fully saturated rings. The standard InChI is InChI=1S/C26H19Cl2IN2O3/c1-33-24-11-16(10-23(29)25(24)34-15-20-8-9-21(27)13-22(20)28)14-30-31-26(32)19-7-6-17-4-2-3-5-18(17)12-19/h2-14H,15H2,1H3,(H,31,32)/b30-14-. The van der Waals surface area contributed by atoms with Gasteiger partial charge in [0.15, 0.2) is 11.5 Å². The molecule has 0 aromatic heterocycles. The normalized spacial score (nSPS) is 11.1. The Balaban J connectivity index is 1.45. The average molecular weight is 605 g/mol. The minimum absolute atomic E-state index is 0.262. The number of hydrogen-bond acceptors (Lipinski definition) is 4. The van der Waals surface area contributed by atoms with E-state index >= 15 is 0 Å². The third-order valence-electron chi connectivity index (χ3n) is 5.03. The summed E-state index contributed by atoms with van der Waals surface area (Å²) in [5.74, 6) is 0.842. The molecule has 0 aliphatic heterocycles. The van der Waals surface area contributed by atoms with Crippen LogP contribution < -0.4 is 14.9 Å². The van der Waals surface area contributed by atoms with Crippen LogP contribution in [0.4, 0.5) is 0 Å². The van der Waals surface area contributed by atoms with Crippen molar-refractivity contribution in [2.45, 2.75) is 6.61 Å². The lowest BCUT2D eigenvalue weighted by Gasteiger charge is -2.14. The van der Waals surface area contributed by atoms with Crippen LogP contribution in [0, 0.1) is 3.57 Å². The van der Waals surface area contributed by atoms with Gasteiger partial charge in [-0.2, -0.15) is 5.10 Å². The van der Waals surface area contributed by atoms with Crippen LogP contribution in [0.5, 0.6) is 11.5 Å². The molecule has 0 radical (unpaired) electrons. The van der Waals surface area contributed by atoms with Gasteiger partial charge in [-0.15, -0.1) is 0 Å². The van der Waals surface area contributed by atoms with Crippen molar-refractivity contribution in [3.63, 3.8) is 0 Å². The number of nitrogens with one attached hydrogen (secondary N) is 1. The Kier molecular flexibility index (Phi) is 7.92. The number of benzene rings is 4. The van der Waals surface area contributed by atoms with Crippen molar-refractivity contribution in [3.05, 3.63) is 103 Å². The Morgan fingerprint density at radius 3 is 2.59 bits per heavy atom. The lowest BCUT2D eigenvalue weighted by atomic mass is 10.1. The van der Waals surface area contributed by atoms with Crippen LogP contribution in [-0.4, -0.2) is 19.2 Å². The van der Waals surface area contributed by atoms with Crippen LogP contribution in [-0.2, 0) is 6.61 Å². The zero-order valence-corrected chi connectivity index (χ0v) is 21.7. The third kappa shape index (κ3) is 5.81. The Hall–Kier alpha value is -2.81. The Morgan fingerprint density at radius 2 is 1.82 bits per heavy atom. The van der Waals surface area contributed by atoms with Gasteiger partial charge in [-0.1, -0.05) is 59.6 Å². The molecule has 0 saturated carbocycles. The molecule has 0 aliphatic rings. The topological polar surface area (TPSA) is 59.9 Å². The number of hydrazone groups is 1. The molecule has 8 heteroatoms. The molecular weight excluding hydrogens is 586 g/mol. The molecule has 0 atom stereocenters. The molecule has 4 rings (SSSR count). The first-order chi connectivity index (χ1) is 16.4. The number of ether oxygens (including phenoxy) is 2. The summed E-state index contributed by atoms with van der Waals surface area (Å²) in [6.45, 7) is 0.262. The Bertz CT molecular complexity index is 1390. The fourth-order valence-electron chi connectivity index (χ4n) is 3.30. The van der Waals surface area contributed by atoms with Crippen molar-refractivity contribution in [2.75, 3.05) is 7.11 Å². The van der Waals surface area contributed by atoms with Gasteiger partial charge in [0.05, 0.1) is 16.9 Å². The monoisotopic (exact) mass is 604 g/mol. The number of amides is 1. The number of fused-ring (bicyclic) bond motifs is 1. The molecule has 0 unspecified atom stereocenters. The molecule has 0 aliphatic carbocycles. The van der Waals surface area contributed by atoms with E-state index in [9.17, 15) is 4.79 Å². The van der Waals surface area contributed by atoms with Gasteiger partial charge >= 0.3 is 0 Å². The van der Waals surface area contributed by atoms with Gasteiger partial charge in [0, 0.05) is 21.2 Å². The highest BCUT2D eigenvalue weighted by molar-refractivity contribution is 14.1. The Labute approximate surface area is 220 Å². The molecule has 1 N–H and O–H groups in total. The lowest BCUT2D eigenvalue weighted by molar-refractivity contribution is 0.0955. The second-order valence-corrected chi connectivity index (χ2v) is 9.33. The van der Waals surface area contributed by atoms with Crippen molar-refractivity contribution in [1.29, 1.82) is 0 Å². The molecule has 1 amide bonds. The van der Waals surface area contributed by atoms with E-state index < -0.39 is 0 Å². The summed E-state index contributed by atoms with van der Waals surface area (Å²) < 4.78 is 12.3. The number of halogens is 3. The number of rotatable bonds is 7. The number of methoxy groups -OCH3 is 1. The highest BCUT2D eigenvalue weighted by Crippen LogP contribution is 2.35. The fraction of sp³-hybridized carbons (Fsp3) is 0.0769. The molecule has 0 heterocycles. The molecule has 172 valence electrons. The summed E-state index contributed by atoms with van der Waals surface area (Å²) in [5, 5.41) is 7.27. The quantitative estimate of drug-likeness (QED) is 0.139. The highest BCUT2D eigenvalue weighted by atomic mass is 127. The summed E-state index contributed by atoms with van der Waals surface area (Å²) in [5.41, 5.74) is 4.66. The van der Waals surface area contributed by atoms with E-state index in [2.05, 4.69) is 33.1 Å². The fourth-order valence-corrected chi connectivity index (χ4v) is 4.55. The smallest absolute Gasteiger partial charge is 0.271 e. The molecule has 0 bridgehead atoms. The second-order valence-electron chi connectivity index (χ2n) is 7.32. The largest absolute Gasteiger partial charge is 0.493 e.